The lowest BCUT2D eigenvalue weighted by molar-refractivity contribution is -0.121. The predicted molar refractivity (Wildman–Crippen MR) is 99.6 cm³/mol. The van der Waals surface area contributed by atoms with Crippen LogP contribution in [-0.4, -0.2) is 53.0 Å². The molecule has 27 heavy (non-hydrogen) atoms. The van der Waals surface area contributed by atoms with E-state index in [2.05, 4.69) is 15.3 Å². The molecule has 0 radical (unpaired) electrons. The summed E-state index contributed by atoms with van der Waals surface area (Å²) in [6.45, 7) is 4.95. The lowest BCUT2D eigenvalue weighted by Crippen LogP contribution is -2.40. The Hall–Kier alpha value is -2.26. The topological polar surface area (TPSA) is 97.6 Å². The van der Waals surface area contributed by atoms with Crippen LogP contribution in [0.5, 0.6) is 0 Å². The zero-order valence-corrected chi connectivity index (χ0v) is 16.5. The van der Waals surface area contributed by atoms with Crippen LogP contribution >= 0.6 is 11.3 Å². The van der Waals surface area contributed by atoms with E-state index in [0.717, 1.165) is 23.5 Å². The Balaban J connectivity index is 1.54. The zero-order chi connectivity index (χ0) is 19.4. The lowest BCUT2D eigenvalue weighted by atomic mass is 10.1. The van der Waals surface area contributed by atoms with Crippen LogP contribution in [-0.2, 0) is 16.0 Å². The molecule has 1 aliphatic heterocycles. The number of aromatic nitrogens is 2. The second-order valence-electron chi connectivity index (χ2n) is 6.62. The highest BCUT2D eigenvalue weighted by Gasteiger charge is 2.26. The Kier molecular flexibility index (Phi) is 6.22. The van der Waals surface area contributed by atoms with E-state index in [1.807, 2.05) is 12.3 Å². The number of hydrogen-bond donors (Lipinski definition) is 1. The number of methoxy groups -OCH3 is 1. The summed E-state index contributed by atoms with van der Waals surface area (Å²) in [5, 5.41) is 5.62. The molecule has 1 atom stereocenters. The molecule has 1 fully saturated rings. The fourth-order valence-electron chi connectivity index (χ4n) is 3.05. The molecule has 3 heterocycles. The molecule has 0 bridgehead atoms. The Morgan fingerprint density at radius 3 is 2.78 bits per heavy atom. The van der Waals surface area contributed by atoms with Gasteiger partial charge in [0.05, 0.1) is 23.2 Å². The Labute approximate surface area is 161 Å². The number of nitrogens with one attached hydrogen (secondary N) is 1. The molecule has 1 saturated heterocycles. The maximum absolute atomic E-state index is 12.6. The van der Waals surface area contributed by atoms with Gasteiger partial charge in [-0.1, -0.05) is 0 Å². The normalized spacial score (nSPS) is 16.3. The third-order valence-electron chi connectivity index (χ3n) is 4.56. The summed E-state index contributed by atoms with van der Waals surface area (Å²) in [6, 6.07) is -0.432. The molecule has 0 aromatic carbocycles. The third kappa shape index (κ3) is 4.92. The van der Waals surface area contributed by atoms with Gasteiger partial charge in [0.25, 0.3) is 5.91 Å². The van der Waals surface area contributed by atoms with Crippen molar-refractivity contribution in [3.8, 4) is 0 Å². The monoisotopic (exact) mass is 392 g/mol. The van der Waals surface area contributed by atoms with Crippen molar-refractivity contribution in [3.05, 3.63) is 33.9 Å². The number of ether oxygens (including phenoxy) is 1. The van der Waals surface area contributed by atoms with Gasteiger partial charge < -0.3 is 19.4 Å². The second kappa shape index (κ2) is 8.62. The summed E-state index contributed by atoms with van der Waals surface area (Å²) in [5.41, 5.74) is 1.00. The van der Waals surface area contributed by atoms with Crippen molar-refractivity contribution in [3.63, 3.8) is 0 Å². The highest BCUT2D eigenvalue weighted by Crippen LogP contribution is 2.18. The van der Waals surface area contributed by atoms with Gasteiger partial charge >= 0.3 is 0 Å². The van der Waals surface area contributed by atoms with Crippen LogP contribution in [0.25, 0.3) is 0 Å². The summed E-state index contributed by atoms with van der Waals surface area (Å²) in [4.78, 5) is 35.0. The SMILES string of the molecule is COC1CCN(C(=O)c2coc([C@H](C)NC(=O)Cc3csc(C)n3)n2)CC1. The molecule has 2 aromatic rings. The van der Waals surface area contributed by atoms with E-state index >= 15 is 0 Å². The first kappa shape index (κ1) is 19.5. The van der Waals surface area contributed by atoms with Gasteiger partial charge in [0.15, 0.2) is 5.69 Å². The summed E-state index contributed by atoms with van der Waals surface area (Å²) in [5.74, 6) is -0.00974. The molecule has 0 saturated carbocycles. The van der Waals surface area contributed by atoms with Gasteiger partial charge in [-0.15, -0.1) is 11.3 Å². The fraction of sp³-hybridized carbons (Fsp3) is 0.556. The number of oxazole rings is 1. The Morgan fingerprint density at radius 2 is 2.15 bits per heavy atom. The van der Waals surface area contributed by atoms with Crippen molar-refractivity contribution in [1.29, 1.82) is 0 Å². The Morgan fingerprint density at radius 1 is 1.41 bits per heavy atom. The van der Waals surface area contributed by atoms with E-state index in [0.29, 0.717) is 19.0 Å². The molecule has 0 unspecified atom stereocenters. The summed E-state index contributed by atoms with van der Waals surface area (Å²) >= 11 is 1.51. The number of aryl methyl sites for hydroxylation is 1. The first-order valence-electron chi connectivity index (χ1n) is 8.94. The molecule has 2 amide bonds. The van der Waals surface area contributed by atoms with E-state index in [1.165, 1.54) is 17.6 Å². The van der Waals surface area contributed by atoms with Crippen molar-refractivity contribution >= 4 is 23.2 Å². The third-order valence-corrected chi connectivity index (χ3v) is 5.38. The maximum atomic E-state index is 12.6. The molecule has 3 rings (SSSR count). The van der Waals surface area contributed by atoms with Crippen molar-refractivity contribution in [2.45, 2.75) is 45.3 Å². The standard InChI is InChI=1S/C18H24N4O4S/c1-11(19-16(23)8-13-10-27-12(2)20-13)17-21-15(9-26-17)18(24)22-6-4-14(25-3)5-7-22/h9-11,14H,4-8H2,1-3H3,(H,19,23)/t11-/m0/s1. The van der Waals surface area contributed by atoms with E-state index in [-0.39, 0.29) is 30.0 Å². The number of nitrogens with zero attached hydrogens (tertiary/aromatic N) is 3. The van der Waals surface area contributed by atoms with Crippen molar-refractivity contribution in [2.75, 3.05) is 20.2 Å². The van der Waals surface area contributed by atoms with Gasteiger partial charge in [0, 0.05) is 25.6 Å². The molecule has 0 spiro atoms. The number of carbonyl (C=O) groups is 2. The summed E-state index contributed by atoms with van der Waals surface area (Å²) < 4.78 is 10.7. The number of likely N-dealkylation sites (tertiary alicyclic amines) is 1. The predicted octanol–water partition coefficient (Wildman–Crippen LogP) is 2.11. The number of carbonyl (C=O) groups excluding carboxylic acids is 2. The molecular weight excluding hydrogens is 368 g/mol. The lowest BCUT2D eigenvalue weighted by Gasteiger charge is -2.30. The molecule has 1 aliphatic rings. The van der Waals surface area contributed by atoms with Gasteiger partial charge in [-0.3, -0.25) is 9.59 Å². The second-order valence-corrected chi connectivity index (χ2v) is 7.68. The highest BCUT2D eigenvalue weighted by atomic mass is 32.1. The number of thiazole rings is 1. The molecule has 0 aliphatic carbocycles. The summed E-state index contributed by atoms with van der Waals surface area (Å²) in [6.07, 6.45) is 3.39. The maximum Gasteiger partial charge on any atom is 0.275 e. The minimum absolute atomic E-state index is 0.156. The molecule has 2 aromatic heterocycles. The number of piperidine rings is 1. The smallest absolute Gasteiger partial charge is 0.275 e. The quantitative estimate of drug-likeness (QED) is 0.809. The van der Waals surface area contributed by atoms with E-state index < -0.39 is 6.04 Å². The van der Waals surface area contributed by atoms with Crippen LogP contribution in [0.4, 0.5) is 0 Å². The van der Waals surface area contributed by atoms with Crippen LogP contribution < -0.4 is 5.32 Å². The van der Waals surface area contributed by atoms with Crippen LogP contribution in [0.3, 0.4) is 0 Å². The van der Waals surface area contributed by atoms with E-state index in [1.54, 1.807) is 18.9 Å². The molecule has 9 heteroatoms. The first-order valence-corrected chi connectivity index (χ1v) is 9.82. The highest BCUT2D eigenvalue weighted by molar-refractivity contribution is 7.09. The zero-order valence-electron chi connectivity index (χ0n) is 15.7. The Bertz CT molecular complexity index is 795. The molecule has 8 nitrogen and oxygen atoms in total. The molecule has 1 N–H and O–H groups in total. The number of amides is 2. The average molecular weight is 392 g/mol. The molecule has 146 valence electrons. The first-order chi connectivity index (χ1) is 13.0. The van der Waals surface area contributed by atoms with E-state index in [4.69, 9.17) is 9.15 Å². The molecular formula is C18H24N4O4S. The van der Waals surface area contributed by atoms with E-state index in [9.17, 15) is 9.59 Å². The minimum Gasteiger partial charge on any atom is -0.446 e. The number of rotatable bonds is 6. The van der Waals surface area contributed by atoms with Crippen LogP contribution in [0.1, 0.15) is 52.9 Å². The average Bonchev–Trinajstić information content (AvgIpc) is 3.30. The number of hydrogen-bond acceptors (Lipinski definition) is 7. The van der Waals surface area contributed by atoms with Gasteiger partial charge in [0.1, 0.15) is 12.3 Å². The van der Waals surface area contributed by atoms with Gasteiger partial charge in [0.2, 0.25) is 11.8 Å². The van der Waals surface area contributed by atoms with Crippen LogP contribution in [0, 0.1) is 6.92 Å². The van der Waals surface area contributed by atoms with Crippen molar-refractivity contribution in [1.82, 2.24) is 20.2 Å². The fourth-order valence-corrected chi connectivity index (χ4v) is 3.66. The van der Waals surface area contributed by atoms with Crippen LogP contribution in [0.2, 0.25) is 0 Å². The van der Waals surface area contributed by atoms with Gasteiger partial charge in [-0.05, 0) is 26.7 Å². The summed E-state index contributed by atoms with van der Waals surface area (Å²) in [7, 11) is 1.69. The van der Waals surface area contributed by atoms with Crippen molar-refractivity contribution in [2.24, 2.45) is 0 Å². The largest absolute Gasteiger partial charge is 0.446 e. The van der Waals surface area contributed by atoms with Gasteiger partial charge in [-0.25, -0.2) is 9.97 Å². The van der Waals surface area contributed by atoms with Crippen molar-refractivity contribution < 1.29 is 18.7 Å². The minimum atomic E-state index is -0.432. The van der Waals surface area contributed by atoms with Crippen LogP contribution in [0.15, 0.2) is 16.1 Å². The van der Waals surface area contributed by atoms with Gasteiger partial charge in [-0.2, -0.15) is 0 Å².